The average Bonchev–Trinajstić information content (AvgIpc) is 2.90. The van der Waals surface area contributed by atoms with E-state index in [2.05, 4.69) is 5.32 Å². The Morgan fingerprint density at radius 3 is 2.28 bits per heavy atom. The third-order valence-electron chi connectivity index (χ3n) is 4.13. The first kappa shape index (κ1) is 13.3. The van der Waals surface area contributed by atoms with Crippen LogP contribution in [0.25, 0.3) is 0 Å². The Hall–Kier alpha value is -1.10. The maximum absolute atomic E-state index is 11.8. The van der Waals surface area contributed by atoms with Crippen LogP contribution in [0.5, 0.6) is 0 Å². The lowest BCUT2D eigenvalue weighted by atomic mass is 9.85. The standard InChI is InChI=1S/C13H23N3O2/c14-13(18)10-3-5-11(6-4-10)15-9-12(17)16-7-1-2-8-16/h10-11,15H,1-9H2,(H2,14,18). The average molecular weight is 253 g/mol. The number of nitrogens with two attached hydrogens (primary N) is 1. The summed E-state index contributed by atoms with van der Waals surface area (Å²) in [5.74, 6) is 0.0726. The minimum atomic E-state index is -0.179. The van der Waals surface area contributed by atoms with E-state index < -0.39 is 0 Å². The zero-order chi connectivity index (χ0) is 13.0. The molecular formula is C13H23N3O2. The first-order valence-corrected chi connectivity index (χ1v) is 6.97. The van der Waals surface area contributed by atoms with Crippen molar-refractivity contribution in [3.63, 3.8) is 0 Å². The topological polar surface area (TPSA) is 75.4 Å². The van der Waals surface area contributed by atoms with Gasteiger partial charge in [0.25, 0.3) is 0 Å². The highest BCUT2D eigenvalue weighted by atomic mass is 16.2. The number of rotatable bonds is 4. The molecule has 0 bridgehead atoms. The third-order valence-corrected chi connectivity index (χ3v) is 4.13. The number of amides is 2. The Bertz CT molecular complexity index is 305. The summed E-state index contributed by atoms with van der Waals surface area (Å²) in [5, 5.41) is 3.31. The summed E-state index contributed by atoms with van der Waals surface area (Å²) in [6.07, 6.45) is 5.86. The van der Waals surface area contributed by atoms with Gasteiger partial charge in [-0.25, -0.2) is 0 Å². The van der Waals surface area contributed by atoms with Crippen LogP contribution in [0.2, 0.25) is 0 Å². The fraction of sp³-hybridized carbons (Fsp3) is 0.846. The van der Waals surface area contributed by atoms with E-state index in [0.717, 1.165) is 51.6 Å². The van der Waals surface area contributed by atoms with Crippen molar-refractivity contribution < 1.29 is 9.59 Å². The van der Waals surface area contributed by atoms with Crippen LogP contribution in [0.1, 0.15) is 38.5 Å². The molecule has 5 nitrogen and oxygen atoms in total. The van der Waals surface area contributed by atoms with Crippen LogP contribution >= 0.6 is 0 Å². The van der Waals surface area contributed by atoms with Crippen molar-refractivity contribution in [2.75, 3.05) is 19.6 Å². The Morgan fingerprint density at radius 2 is 1.72 bits per heavy atom. The molecule has 18 heavy (non-hydrogen) atoms. The third kappa shape index (κ3) is 3.45. The van der Waals surface area contributed by atoms with Crippen LogP contribution < -0.4 is 11.1 Å². The van der Waals surface area contributed by atoms with Crippen molar-refractivity contribution in [2.24, 2.45) is 11.7 Å². The minimum Gasteiger partial charge on any atom is -0.369 e. The van der Waals surface area contributed by atoms with Crippen LogP contribution in [-0.2, 0) is 9.59 Å². The summed E-state index contributed by atoms with van der Waals surface area (Å²) >= 11 is 0. The molecule has 1 heterocycles. The number of nitrogens with zero attached hydrogens (tertiary/aromatic N) is 1. The van der Waals surface area contributed by atoms with Crippen molar-refractivity contribution >= 4 is 11.8 Å². The molecule has 0 aromatic carbocycles. The van der Waals surface area contributed by atoms with Crippen LogP contribution in [0, 0.1) is 5.92 Å². The van der Waals surface area contributed by atoms with Gasteiger partial charge in [0.15, 0.2) is 0 Å². The van der Waals surface area contributed by atoms with E-state index >= 15 is 0 Å². The predicted octanol–water partition coefficient (Wildman–Crippen LogP) is 0.242. The summed E-state index contributed by atoms with van der Waals surface area (Å²) < 4.78 is 0. The number of carbonyl (C=O) groups excluding carboxylic acids is 2. The zero-order valence-corrected chi connectivity index (χ0v) is 10.9. The number of nitrogens with one attached hydrogen (secondary N) is 1. The fourth-order valence-electron chi connectivity index (χ4n) is 2.89. The van der Waals surface area contributed by atoms with Crippen LogP contribution in [0.3, 0.4) is 0 Å². The molecule has 2 fully saturated rings. The van der Waals surface area contributed by atoms with Gasteiger partial charge >= 0.3 is 0 Å². The van der Waals surface area contributed by atoms with Crippen LogP contribution in [0.4, 0.5) is 0 Å². The van der Waals surface area contributed by atoms with Gasteiger partial charge in [-0.15, -0.1) is 0 Å². The van der Waals surface area contributed by atoms with Gasteiger partial charge in [-0.3, -0.25) is 9.59 Å². The van der Waals surface area contributed by atoms with E-state index in [1.807, 2.05) is 4.90 Å². The second-order valence-electron chi connectivity index (χ2n) is 5.42. The summed E-state index contributed by atoms with van der Waals surface area (Å²) in [6, 6.07) is 0.368. The molecule has 0 aromatic rings. The molecule has 1 aliphatic carbocycles. The molecule has 0 radical (unpaired) electrons. The van der Waals surface area contributed by atoms with Crippen LogP contribution in [-0.4, -0.2) is 42.4 Å². The van der Waals surface area contributed by atoms with Gasteiger partial charge in [0.1, 0.15) is 0 Å². The van der Waals surface area contributed by atoms with Gasteiger partial charge in [0.2, 0.25) is 11.8 Å². The summed E-state index contributed by atoms with van der Waals surface area (Å²) in [4.78, 5) is 24.8. The SMILES string of the molecule is NC(=O)C1CCC(NCC(=O)N2CCCC2)CC1. The lowest BCUT2D eigenvalue weighted by Gasteiger charge is -2.28. The molecule has 2 rings (SSSR count). The highest BCUT2D eigenvalue weighted by molar-refractivity contribution is 5.78. The second kappa shape index (κ2) is 6.18. The molecule has 2 amide bonds. The van der Waals surface area contributed by atoms with E-state index in [-0.39, 0.29) is 17.7 Å². The molecule has 2 aliphatic rings. The van der Waals surface area contributed by atoms with E-state index in [4.69, 9.17) is 5.73 Å². The summed E-state index contributed by atoms with van der Waals surface area (Å²) in [5.41, 5.74) is 5.30. The number of hydrogen-bond donors (Lipinski definition) is 2. The zero-order valence-electron chi connectivity index (χ0n) is 10.9. The first-order valence-electron chi connectivity index (χ1n) is 6.97. The molecule has 0 unspecified atom stereocenters. The van der Waals surface area contributed by atoms with Crippen molar-refractivity contribution in [3.8, 4) is 0 Å². The Kier molecular flexibility index (Phi) is 4.58. The van der Waals surface area contributed by atoms with Gasteiger partial charge < -0.3 is 16.0 Å². The monoisotopic (exact) mass is 253 g/mol. The molecule has 1 saturated heterocycles. The van der Waals surface area contributed by atoms with E-state index in [1.54, 1.807) is 0 Å². The normalized spacial score (nSPS) is 28.3. The number of carbonyl (C=O) groups is 2. The first-order chi connectivity index (χ1) is 8.66. The fourth-order valence-corrected chi connectivity index (χ4v) is 2.89. The molecule has 3 N–H and O–H groups in total. The predicted molar refractivity (Wildman–Crippen MR) is 68.8 cm³/mol. The maximum atomic E-state index is 11.8. The molecule has 0 spiro atoms. The van der Waals surface area contributed by atoms with Crippen LogP contribution in [0.15, 0.2) is 0 Å². The number of hydrogen-bond acceptors (Lipinski definition) is 3. The van der Waals surface area contributed by atoms with Gasteiger partial charge in [0.05, 0.1) is 6.54 Å². The molecule has 0 atom stereocenters. The number of likely N-dealkylation sites (tertiary alicyclic amines) is 1. The molecule has 0 aromatic heterocycles. The Morgan fingerprint density at radius 1 is 1.11 bits per heavy atom. The van der Waals surface area contributed by atoms with E-state index in [0.29, 0.717) is 12.6 Å². The van der Waals surface area contributed by atoms with Crippen molar-refractivity contribution in [1.82, 2.24) is 10.2 Å². The van der Waals surface area contributed by atoms with Gasteiger partial charge in [-0.2, -0.15) is 0 Å². The Labute approximate surface area is 108 Å². The van der Waals surface area contributed by atoms with Gasteiger partial charge in [-0.05, 0) is 38.5 Å². The molecule has 1 aliphatic heterocycles. The van der Waals surface area contributed by atoms with Gasteiger partial charge in [0, 0.05) is 25.0 Å². The smallest absolute Gasteiger partial charge is 0.236 e. The lowest BCUT2D eigenvalue weighted by molar-refractivity contribution is -0.129. The molecule has 1 saturated carbocycles. The maximum Gasteiger partial charge on any atom is 0.236 e. The highest BCUT2D eigenvalue weighted by Crippen LogP contribution is 2.23. The van der Waals surface area contributed by atoms with Crippen molar-refractivity contribution in [3.05, 3.63) is 0 Å². The quantitative estimate of drug-likeness (QED) is 0.753. The molecular weight excluding hydrogens is 230 g/mol. The van der Waals surface area contributed by atoms with E-state index in [9.17, 15) is 9.59 Å². The largest absolute Gasteiger partial charge is 0.369 e. The highest BCUT2D eigenvalue weighted by Gasteiger charge is 2.25. The van der Waals surface area contributed by atoms with Crippen molar-refractivity contribution in [2.45, 2.75) is 44.6 Å². The van der Waals surface area contributed by atoms with Gasteiger partial charge in [-0.1, -0.05) is 0 Å². The second-order valence-corrected chi connectivity index (χ2v) is 5.42. The molecule has 102 valence electrons. The minimum absolute atomic E-state index is 0.0392. The lowest BCUT2D eigenvalue weighted by Crippen LogP contribution is -2.42. The summed E-state index contributed by atoms with van der Waals surface area (Å²) in [6.45, 7) is 2.26. The number of primary amides is 1. The molecule has 5 heteroatoms. The Balaban J connectivity index is 1.65. The van der Waals surface area contributed by atoms with Crippen molar-refractivity contribution in [1.29, 1.82) is 0 Å². The summed E-state index contributed by atoms with van der Waals surface area (Å²) in [7, 11) is 0. The van der Waals surface area contributed by atoms with E-state index in [1.165, 1.54) is 0 Å².